The van der Waals surface area contributed by atoms with Crippen LogP contribution in [0.4, 0.5) is 5.82 Å². The highest BCUT2D eigenvalue weighted by molar-refractivity contribution is 6.30. The number of pyridine rings is 1. The van der Waals surface area contributed by atoms with E-state index in [2.05, 4.69) is 4.98 Å². The number of hydrogen-bond donors (Lipinski definition) is 2. The van der Waals surface area contributed by atoms with Crippen molar-refractivity contribution in [3.8, 4) is 0 Å². The number of aliphatic hydroxyl groups excluding tert-OH is 1. The first kappa shape index (κ1) is 12.6. The first-order valence-electron chi connectivity index (χ1n) is 5.73. The number of aromatic nitrogens is 1. The number of anilines is 1. The number of halogens is 1. The second-order valence-electron chi connectivity index (χ2n) is 4.51. The molecule has 0 bridgehead atoms. The zero-order valence-corrected chi connectivity index (χ0v) is 10.6. The topological polar surface area (TPSA) is 68.4 Å². The van der Waals surface area contributed by atoms with Gasteiger partial charge in [0.05, 0.1) is 10.6 Å². The summed E-state index contributed by atoms with van der Waals surface area (Å²) in [6, 6.07) is 1.66. The Labute approximate surface area is 106 Å². The van der Waals surface area contributed by atoms with Crippen LogP contribution in [0.3, 0.4) is 0 Å². The van der Waals surface area contributed by atoms with Crippen molar-refractivity contribution in [2.75, 3.05) is 12.8 Å². The molecule has 1 aromatic rings. The number of nitrogen functional groups attached to an aromatic ring is 1. The molecule has 2 rings (SSSR count). The molecule has 1 unspecified atom stereocenters. The van der Waals surface area contributed by atoms with E-state index < -0.39 is 11.7 Å². The molecule has 1 saturated carbocycles. The number of rotatable bonds is 3. The highest BCUT2D eigenvalue weighted by Crippen LogP contribution is 2.43. The lowest BCUT2D eigenvalue weighted by molar-refractivity contribution is -0.0999. The van der Waals surface area contributed by atoms with E-state index >= 15 is 0 Å². The van der Waals surface area contributed by atoms with Gasteiger partial charge in [0, 0.05) is 18.9 Å². The van der Waals surface area contributed by atoms with Crippen molar-refractivity contribution in [3.63, 3.8) is 0 Å². The lowest BCUT2D eigenvalue weighted by atomic mass is 9.89. The third-order valence-electron chi connectivity index (χ3n) is 3.57. The lowest BCUT2D eigenvalue weighted by Gasteiger charge is -2.33. The molecular weight excluding hydrogens is 240 g/mol. The third kappa shape index (κ3) is 2.25. The minimum Gasteiger partial charge on any atom is -0.385 e. The largest absolute Gasteiger partial charge is 0.385 e. The predicted octanol–water partition coefficient (Wildman–Crippen LogP) is 2.31. The molecule has 4 nitrogen and oxygen atoms in total. The van der Waals surface area contributed by atoms with Gasteiger partial charge >= 0.3 is 0 Å². The highest BCUT2D eigenvalue weighted by atomic mass is 35.5. The fourth-order valence-electron chi connectivity index (χ4n) is 2.53. The number of methoxy groups -OCH3 is 1. The molecule has 0 spiro atoms. The molecule has 1 aliphatic carbocycles. The van der Waals surface area contributed by atoms with E-state index in [0.29, 0.717) is 16.4 Å². The van der Waals surface area contributed by atoms with Gasteiger partial charge in [-0.3, -0.25) is 0 Å². The molecule has 0 aromatic carbocycles. The first-order chi connectivity index (χ1) is 8.09. The smallest absolute Gasteiger partial charge is 0.129 e. The molecule has 1 aromatic heterocycles. The summed E-state index contributed by atoms with van der Waals surface area (Å²) in [5.74, 6) is 0.310. The van der Waals surface area contributed by atoms with Gasteiger partial charge in [-0.25, -0.2) is 4.98 Å². The Balaban J connectivity index is 2.35. The molecule has 17 heavy (non-hydrogen) atoms. The molecule has 1 aliphatic rings. The molecule has 0 amide bonds. The highest BCUT2D eigenvalue weighted by Gasteiger charge is 2.42. The van der Waals surface area contributed by atoms with Crippen molar-refractivity contribution < 1.29 is 9.84 Å². The fraction of sp³-hybridized carbons (Fsp3) is 0.583. The van der Waals surface area contributed by atoms with Gasteiger partial charge in [0.1, 0.15) is 11.9 Å². The van der Waals surface area contributed by atoms with Crippen LogP contribution in [0.25, 0.3) is 0 Å². The van der Waals surface area contributed by atoms with Gasteiger partial charge in [0.15, 0.2) is 0 Å². The lowest BCUT2D eigenvalue weighted by Crippen LogP contribution is -2.36. The SMILES string of the molecule is COC1(C(O)c2cc(Cl)cnc2N)CCCC1. The van der Waals surface area contributed by atoms with E-state index in [1.807, 2.05) is 0 Å². The molecule has 1 fully saturated rings. The quantitative estimate of drug-likeness (QED) is 0.871. The van der Waals surface area contributed by atoms with Crippen LogP contribution in [-0.2, 0) is 4.74 Å². The number of nitrogens with two attached hydrogens (primary N) is 1. The van der Waals surface area contributed by atoms with Crippen LogP contribution in [0.5, 0.6) is 0 Å². The van der Waals surface area contributed by atoms with Crippen molar-refractivity contribution >= 4 is 17.4 Å². The summed E-state index contributed by atoms with van der Waals surface area (Å²) in [5.41, 5.74) is 5.80. The number of hydrogen-bond acceptors (Lipinski definition) is 4. The average molecular weight is 257 g/mol. The average Bonchev–Trinajstić information content (AvgIpc) is 2.81. The Hall–Kier alpha value is -0.840. The molecule has 94 valence electrons. The maximum Gasteiger partial charge on any atom is 0.129 e. The molecule has 0 radical (unpaired) electrons. The minimum atomic E-state index is -0.777. The minimum absolute atomic E-state index is 0.310. The van der Waals surface area contributed by atoms with Crippen molar-refractivity contribution in [1.29, 1.82) is 0 Å². The molecular formula is C12H17ClN2O2. The van der Waals surface area contributed by atoms with Crippen molar-refractivity contribution in [2.24, 2.45) is 0 Å². The van der Waals surface area contributed by atoms with Crippen LogP contribution >= 0.6 is 11.6 Å². The van der Waals surface area contributed by atoms with Crippen molar-refractivity contribution in [1.82, 2.24) is 4.98 Å². The Morgan fingerprint density at radius 1 is 1.53 bits per heavy atom. The normalized spacial score (nSPS) is 20.4. The van der Waals surface area contributed by atoms with Gasteiger partial charge in [-0.05, 0) is 18.9 Å². The molecule has 0 saturated heterocycles. The predicted molar refractivity (Wildman–Crippen MR) is 66.8 cm³/mol. The van der Waals surface area contributed by atoms with Gasteiger partial charge < -0.3 is 15.6 Å². The summed E-state index contributed by atoms with van der Waals surface area (Å²) in [7, 11) is 1.63. The monoisotopic (exact) mass is 256 g/mol. The summed E-state index contributed by atoms with van der Waals surface area (Å²) in [6.07, 6.45) is 4.47. The van der Waals surface area contributed by atoms with Crippen molar-refractivity contribution in [3.05, 3.63) is 22.8 Å². The van der Waals surface area contributed by atoms with Crippen LogP contribution in [0.1, 0.15) is 37.4 Å². The summed E-state index contributed by atoms with van der Waals surface area (Å²) < 4.78 is 5.53. The van der Waals surface area contributed by atoms with Gasteiger partial charge in [-0.15, -0.1) is 0 Å². The number of aliphatic hydroxyl groups is 1. The molecule has 5 heteroatoms. The molecule has 1 atom stereocenters. The van der Waals surface area contributed by atoms with Gasteiger partial charge in [-0.2, -0.15) is 0 Å². The second-order valence-corrected chi connectivity index (χ2v) is 4.94. The first-order valence-corrected chi connectivity index (χ1v) is 6.11. The van der Waals surface area contributed by atoms with Gasteiger partial charge in [-0.1, -0.05) is 24.4 Å². The summed E-state index contributed by atoms with van der Waals surface area (Å²) in [5, 5.41) is 10.9. The molecule has 1 heterocycles. The van der Waals surface area contributed by atoms with Gasteiger partial charge in [0.2, 0.25) is 0 Å². The number of nitrogens with zero attached hydrogens (tertiary/aromatic N) is 1. The van der Waals surface area contributed by atoms with Crippen LogP contribution in [0, 0.1) is 0 Å². The maximum atomic E-state index is 10.5. The Morgan fingerprint density at radius 2 is 2.18 bits per heavy atom. The second kappa shape index (κ2) is 4.80. The number of ether oxygens (including phenoxy) is 1. The van der Waals surface area contributed by atoms with Gasteiger partial charge in [0.25, 0.3) is 0 Å². The van der Waals surface area contributed by atoms with Crippen LogP contribution in [-0.4, -0.2) is 22.8 Å². The summed E-state index contributed by atoms with van der Waals surface area (Å²) in [4.78, 5) is 3.97. The third-order valence-corrected chi connectivity index (χ3v) is 3.77. The maximum absolute atomic E-state index is 10.5. The van der Waals surface area contributed by atoms with E-state index in [4.69, 9.17) is 22.1 Å². The zero-order valence-electron chi connectivity index (χ0n) is 9.82. The van der Waals surface area contributed by atoms with E-state index in [0.717, 1.165) is 25.7 Å². The van der Waals surface area contributed by atoms with Crippen LogP contribution in [0.2, 0.25) is 5.02 Å². The Bertz CT molecular complexity index is 405. The molecule has 3 N–H and O–H groups in total. The van der Waals surface area contributed by atoms with E-state index in [-0.39, 0.29) is 0 Å². The Morgan fingerprint density at radius 3 is 2.76 bits per heavy atom. The van der Waals surface area contributed by atoms with E-state index in [9.17, 15) is 5.11 Å². The summed E-state index contributed by atoms with van der Waals surface area (Å²) >= 11 is 5.89. The van der Waals surface area contributed by atoms with E-state index in [1.165, 1.54) is 6.20 Å². The Kier molecular flexibility index (Phi) is 3.56. The summed E-state index contributed by atoms with van der Waals surface area (Å²) in [6.45, 7) is 0. The standard InChI is InChI=1S/C12H17ClN2O2/c1-17-12(4-2-3-5-12)10(16)9-6-8(13)7-15-11(9)14/h6-7,10,16H,2-5H2,1H3,(H2,14,15). The van der Waals surface area contributed by atoms with E-state index in [1.54, 1.807) is 13.2 Å². The fourth-order valence-corrected chi connectivity index (χ4v) is 2.70. The van der Waals surface area contributed by atoms with Crippen LogP contribution < -0.4 is 5.73 Å². The van der Waals surface area contributed by atoms with Crippen LogP contribution in [0.15, 0.2) is 12.3 Å². The van der Waals surface area contributed by atoms with Crippen molar-refractivity contribution in [2.45, 2.75) is 37.4 Å². The molecule has 0 aliphatic heterocycles. The zero-order chi connectivity index (χ0) is 12.5.